The quantitative estimate of drug-likeness (QED) is 0.538. The molecule has 0 aliphatic carbocycles. The van der Waals surface area contributed by atoms with Crippen LogP contribution in [0.2, 0.25) is 10.0 Å². The Morgan fingerprint density at radius 1 is 1.04 bits per heavy atom. The predicted octanol–water partition coefficient (Wildman–Crippen LogP) is 6.05. The minimum atomic E-state index is -4.55. The van der Waals surface area contributed by atoms with Crippen LogP contribution in [0.25, 0.3) is 22.5 Å². The van der Waals surface area contributed by atoms with E-state index >= 15 is 0 Å². The molecule has 0 unspecified atom stereocenters. The van der Waals surface area contributed by atoms with Crippen molar-refractivity contribution in [3.05, 3.63) is 63.6 Å². The van der Waals surface area contributed by atoms with E-state index in [1.165, 1.54) is 0 Å². The summed E-state index contributed by atoms with van der Waals surface area (Å²) in [6.07, 6.45) is 1.04. The first-order valence-electron chi connectivity index (χ1n) is 7.00. The summed E-state index contributed by atoms with van der Waals surface area (Å²) in [5, 5.41) is 6.58. The summed E-state index contributed by atoms with van der Waals surface area (Å²) in [5.41, 5.74) is 1.16. The second-order valence-corrected chi connectivity index (χ2v) is 5.96. The standard InChI is InChI=1S/C18H9Cl2F3N2/c1-2-12-16(10-6-4-3-5-7-10)24-25-17(12)15-13(19)8-11(9-14(15)20)18(21,22)23/h1,3-9H,(H,24,25). The molecule has 0 saturated heterocycles. The van der Waals surface area contributed by atoms with Crippen LogP contribution in [0.15, 0.2) is 42.5 Å². The molecule has 0 aliphatic heterocycles. The van der Waals surface area contributed by atoms with Crippen molar-refractivity contribution < 1.29 is 13.2 Å². The molecule has 0 fully saturated rings. The molecule has 1 heterocycles. The number of halogens is 5. The zero-order valence-corrected chi connectivity index (χ0v) is 14.0. The minimum absolute atomic E-state index is 0.167. The Kier molecular flexibility index (Phi) is 4.51. The number of hydrogen-bond acceptors (Lipinski definition) is 1. The van der Waals surface area contributed by atoms with E-state index in [-0.39, 0.29) is 15.6 Å². The van der Waals surface area contributed by atoms with Gasteiger partial charge in [0.25, 0.3) is 0 Å². The van der Waals surface area contributed by atoms with Crippen molar-refractivity contribution in [2.75, 3.05) is 0 Å². The molecule has 25 heavy (non-hydrogen) atoms. The lowest BCUT2D eigenvalue weighted by Crippen LogP contribution is -2.05. The second kappa shape index (κ2) is 6.47. The average molecular weight is 381 g/mol. The molecular weight excluding hydrogens is 372 g/mol. The van der Waals surface area contributed by atoms with Gasteiger partial charge in [-0.15, -0.1) is 6.42 Å². The van der Waals surface area contributed by atoms with Gasteiger partial charge in [-0.2, -0.15) is 18.3 Å². The Balaban J connectivity index is 2.19. The second-order valence-electron chi connectivity index (χ2n) is 5.15. The fraction of sp³-hybridized carbons (Fsp3) is 0.0556. The van der Waals surface area contributed by atoms with Gasteiger partial charge in [0.15, 0.2) is 0 Å². The van der Waals surface area contributed by atoms with Crippen molar-refractivity contribution in [1.29, 1.82) is 0 Å². The number of alkyl halides is 3. The van der Waals surface area contributed by atoms with E-state index in [2.05, 4.69) is 16.1 Å². The molecule has 126 valence electrons. The largest absolute Gasteiger partial charge is 0.416 e. The lowest BCUT2D eigenvalue weighted by molar-refractivity contribution is -0.137. The maximum Gasteiger partial charge on any atom is 0.416 e. The molecule has 0 aliphatic rings. The van der Waals surface area contributed by atoms with E-state index in [0.717, 1.165) is 17.7 Å². The molecule has 3 rings (SSSR count). The van der Waals surface area contributed by atoms with Crippen LogP contribution in [0.5, 0.6) is 0 Å². The first kappa shape index (κ1) is 17.4. The molecule has 0 atom stereocenters. The van der Waals surface area contributed by atoms with Crippen LogP contribution in [0.3, 0.4) is 0 Å². The van der Waals surface area contributed by atoms with Gasteiger partial charge < -0.3 is 0 Å². The van der Waals surface area contributed by atoms with Crippen molar-refractivity contribution in [2.45, 2.75) is 6.18 Å². The Morgan fingerprint density at radius 3 is 2.16 bits per heavy atom. The Morgan fingerprint density at radius 2 is 1.64 bits per heavy atom. The van der Waals surface area contributed by atoms with Crippen molar-refractivity contribution in [3.8, 4) is 34.9 Å². The number of benzene rings is 2. The van der Waals surface area contributed by atoms with Gasteiger partial charge in [-0.3, -0.25) is 5.10 Å². The van der Waals surface area contributed by atoms with Crippen LogP contribution in [0, 0.1) is 12.3 Å². The molecule has 2 nitrogen and oxygen atoms in total. The van der Waals surface area contributed by atoms with Gasteiger partial charge >= 0.3 is 6.18 Å². The molecule has 3 aromatic rings. The lowest BCUT2D eigenvalue weighted by Gasteiger charge is -2.11. The minimum Gasteiger partial charge on any atom is -0.276 e. The molecule has 0 spiro atoms. The van der Waals surface area contributed by atoms with Crippen molar-refractivity contribution in [2.24, 2.45) is 0 Å². The molecule has 1 aromatic heterocycles. The summed E-state index contributed by atoms with van der Waals surface area (Å²) in [6, 6.07) is 10.7. The highest BCUT2D eigenvalue weighted by molar-refractivity contribution is 6.39. The van der Waals surface area contributed by atoms with Gasteiger partial charge in [-0.1, -0.05) is 59.5 Å². The maximum atomic E-state index is 12.9. The topological polar surface area (TPSA) is 28.7 Å². The van der Waals surface area contributed by atoms with Gasteiger partial charge in [0, 0.05) is 11.1 Å². The predicted molar refractivity (Wildman–Crippen MR) is 92.4 cm³/mol. The molecule has 1 N–H and O–H groups in total. The number of aromatic nitrogens is 2. The van der Waals surface area contributed by atoms with Gasteiger partial charge in [0.1, 0.15) is 5.69 Å². The third-order valence-electron chi connectivity index (χ3n) is 3.58. The fourth-order valence-corrected chi connectivity index (χ4v) is 3.12. The molecular formula is C18H9Cl2F3N2. The molecule has 0 saturated carbocycles. The summed E-state index contributed by atoms with van der Waals surface area (Å²) >= 11 is 12.1. The van der Waals surface area contributed by atoms with Crippen LogP contribution in [0.4, 0.5) is 13.2 Å². The first-order valence-corrected chi connectivity index (χ1v) is 7.75. The van der Waals surface area contributed by atoms with E-state index in [4.69, 9.17) is 29.6 Å². The highest BCUT2D eigenvalue weighted by Gasteiger charge is 2.32. The SMILES string of the molecule is C#Cc1c(-c2ccccc2)n[nH]c1-c1c(Cl)cc(C(F)(F)F)cc1Cl. The van der Waals surface area contributed by atoms with Gasteiger partial charge in [-0.05, 0) is 12.1 Å². The van der Waals surface area contributed by atoms with Crippen LogP contribution < -0.4 is 0 Å². The summed E-state index contributed by atoms with van der Waals surface area (Å²) in [7, 11) is 0. The number of aromatic amines is 1. The monoisotopic (exact) mass is 380 g/mol. The summed E-state index contributed by atoms with van der Waals surface area (Å²) in [5.74, 6) is 2.51. The van der Waals surface area contributed by atoms with Crippen LogP contribution in [-0.2, 0) is 6.18 Å². The lowest BCUT2D eigenvalue weighted by atomic mass is 10.0. The van der Waals surface area contributed by atoms with Gasteiger partial charge in [-0.25, -0.2) is 0 Å². The van der Waals surface area contributed by atoms with E-state index in [0.29, 0.717) is 17.0 Å². The Labute approximate surface area is 151 Å². The highest BCUT2D eigenvalue weighted by Crippen LogP contribution is 2.42. The summed E-state index contributed by atoms with van der Waals surface area (Å²) < 4.78 is 38.6. The van der Waals surface area contributed by atoms with Crippen LogP contribution in [-0.4, -0.2) is 10.2 Å². The van der Waals surface area contributed by atoms with Crippen LogP contribution in [0.1, 0.15) is 11.1 Å². The summed E-state index contributed by atoms with van der Waals surface area (Å²) in [6.45, 7) is 0. The smallest absolute Gasteiger partial charge is 0.276 e. The number of hydrogen-bond donors (Lipinski definition) is 1. The normalized spacial score (nSPS) is 11.4. The first-order chi connectivity index (χ1) is 11.8. The van der Waals surface area contributed by atoms with Gasteiger partial charge in [0.05, 0.1) is 26.9 Å². The molecule has 0 radical (unpaired) electrons. The van der Waals surface area contributed by atoms with Crippen LogP contribution >= 0.6 is 23.2 Å². The van der Waals surface area contributed by atoms with Crippen molar-refractivity contribution >= 4 is 23.2 Å². The zero-order valence-electron chi connectivity index (χ0n) is 12.5. The van der Waals surface area contributed by atoms with Crippen molar-refractivity contribution in [3.63, 3.8) is 0 Å². The highest BCUT2D eigenvalue weighted by atomic mass is 35.5. The number of nitrogens with zero attached hydrogens (tertiary/aromatic N) is 1. The Bertz CT molecular complexity index is 947. The molecule has 0 bridgehead atoms. The number of terminal acetylenes is 1. The van der Waals surface area contributed by atoms with E-state index in [1.54, 1.807) is 0 Å². The summed E-state index contributed by atoms with van der Waals surface area (Å²) in [4.78, 5) is 0. The van der Waals surface area contributed by atoms with E-state index < -0.39 is 11.7 Å². The Hall–Kier alpha value is -2.42. The fourth-order valence-electron chi connectivity index (χ4n) is 2.44. The number of rotatable bonds is 2. The van der Waals surface area contributed by atoms with Crippen molar-refractivity contribution in [1.82, 2.24) is 10.2 Å². The number of nitrogens with one attached hydrogen (secondary N) is 1. The average Bonchev–Trinajstić information content (AvgIpc) is 2.97. The molecule has 0 amide bonds. The maximum absolute atomic E-state index is 12.9. The van der Waals surface area contributed by atoms with E-state index in [9.17, 15) is 13.2 Å². The molecule has 2 aromatic carbocycles. The third kappa shape index (κ3) is 3.23. The zero-order chi connectivity index (χ0) is 18.2. The van der Waals surface area contributed by atoms with E-state index in [1.807, 2.05) is 30.3 Å². The molecule has 7 heteroatoms. The number of H-pyrrole nitrogens is 1. The third-order valence-corrected chi connectivity index (χ3v) is 4.17. The van der Waals surface area contributed by atoms with Gasteiger partial charge in [0.2, 0.25) is 0 Å².